The zero-order valence-electron chi connectivity index (χ0n) is 40.0. The molecule has 0 saturated heterocycles. The Morgan fingerprint density at radius 1 is 0.607 bits per heavy atom. The van der Waals surface area contributed by atoms with Gasteiger partial charge in [-0.25, -0.2) is 0 Å². The predicted octanol–water partition coefficient (Wildman–Crippen LogP) is 12.5. The Balaban J connectivity index is 4.34. The summed E-state index contributed by atoms with van der Waals surface area (Å²) in [6.07, 6.45) is 51.3. The molecule has 9 nitrogen and oxygen atoms in total. The van der Waals surface area contributed by atoms with Crippen molar-refractivity contribution >= 4 is 13.7 Å². The average molecular weight is 879 g/mol. The van der Waals surface area contributed by atoms with E-state index in [1.807, 2.05) is 21.1 Å². The summed E-state index contributed by atoms with van der Waals surface area (Å²) in [4.78, 5) is 25.4. The molecule has 4 unspecified atom stereocenters. The van der Waals surface area contributed by atoms with Gasteiger partial charge in [0.15, 0.2) is 0 Å². The van der Waals surface area contributed by atoms with E-state index in [0.29, 0.717) is 30.3 Å². The number of hydrogen-bond donors (Lipinski definition) is 3. The van der Waals surface area contributed by atoms with Crippen LogP contribution in [-0.2, 0) is 18.4 Å². The van der Waals surface area contributed by atoms with Crippen LogP contribution in [-0.4, -0.2) is 79.8 Å². The van der Waals surface area contributed by atoms with Crippen LogP contribution in [0, 0.1) is 0 Å². The van der Waals surface area contributed by atoms with Crippen LogP contribution in [0.15, 0.2) is 60.8 Å². The summed E-state index contributed by atoms with van der Waals surface area (Å²) in [5.74, 6) is -0.293. The van der Waals surface area contributed by atoms with Crippen LogP contribution in [0.4, 0.5) is 0 Å². The van der Waals surface area contributed by atoms with Gasteiger partial charge in [-0.1, -0.05) is 177 Å². The van der Waals surface area contributed by atoms with Crippen LogP contribution in [0.25, 0.3) is 0 Å². The third-order valence-electron chi connectivity index (χ3n) is 10.8. The molecule has 0 aliphatic heterocycles. The van der Waals surface area contributed by atoms with Gasteiger partial charge in [0.1, 0.15) is 19.3 Å². The van der Waals surface area contributed by atoms with E-state index >= 15 is 0 Å². The third kappa shape index (κ3) is 43.2. The Bertz CT molecular complexity index is 1200. The largest absolute Gasteiger partial charge is 0.756 e. The van der Waals surface area contributed by atoms with Gasteiger partial charge in [0.25, 0.3) is 7.82 Å². The van der Waals surface area contributed by atoms with Crippen molar-refractivity contribution in [1.82, 2.24) is 5.32 Å². The quantitative estimate of drug-likeness (QED) is 0.0241. The number of rotatable bonds is 44. The van der Waals surface area contributed by atoms with E-state index in [1.165, 1.54) is 103 Å². The number of amides is 1. The van der Waals surface area contributed by atoms with E-state index in [0.717, 1.165) is 57.8 Å². The molecule has 4 atom stereocenters. The summed E-state index contributed by atoms with van der Waals surface area (Å²) >= 11 is 0. The van der Waals surface area contributed by atoms with Crippen molar-refractivity contribution < 1.29 is 38.0 Å². The van der Waals surface area contributed by atoms with Crippen LogP contribution in [0.1, 0.15) is 200 Å². The Morgan fingerprint density at radius 3 is 1.52 bits per heavy atom. The summed E-state index contributed by atoms with van der Waals surface area (Å²) in [6, 6.07) is -1.09. The van der Waals surface area contributed by atoms with E-state index in [4.69, 9.17) is 9.05 Å². The lowest BCUT2D eigenvalue weighted by Gasteiger charge is -2.31. The molecule has 0 rings (SSSR count). The minimum absolute atomic E-state index is 0.0484. The molecule has 0 aromatic rings. The van der Waals surface area contributed by atoms with E-state index in [2.05, 4.69) is 79.9 Å². The normalized spacial score (nSPS) is 15.2. The number of hydrogen-bond acceptors (Lipinski definition) is 7. The van der Waals surface area contributed by atoms with Gasteiger partial charge in [-0.05, 0) is 77.0 Å². The van der Waals surface area contributed by atoms with Crippen LogP contribution in [0.3, 0.4) is 0 Å². The number of phosphoric acid groups is 1. The Labute approximate surface area is 375 Å². The predicted molar refractivity (Wildman–Crippen MR) is 257 cm³/mol. The van der Waals surface area contributed by atoms with Gasteiger partial charge in [0.05, 0.1) is 39.9 Å². The van der Waals surface area contributed by atoms with Crippen molar-refractivity contribution in [1.29, 1.82) is 0 Å². The second-order valence-corrected chi connectivity index (χ2v) is 19.3. The number of nitrogens with zero attached hydrogens (tertiary/aromatic N) is 1. The molecule has 0 fully saturated rings. The molecule has 0 bridgehead atoms. The maximum atomic E-state index is 12.9. The van der Waals surface area contributed by atoms with Crippen molar-refractivity contribution in [2.45, 2.75) is 218 Å². The molecular formula is C51H95N2O7P. The first-order valence-corrected chi connectivity index (χ1v) is 26.2. The van der Waals surface area contributed by atoms with Crippen molar-refractivity contribution in [3.63, 3.8) is 0 Å². The standard InChI is InChI=1S/C51H95N2O7P/c1-6-8-10-12-14-16-18-20-21-22-23-24-25-26-27-28-29-30-31-32-34-36-38-40-42-44-50(55)52-48(47-60-61(57,58)59-46-45-53(3,4)5)51(56)49(54)43-41-39-37-35-33-19-17-15-13-11-9-7-2/h8,10,14,16,20-21,23-24,35,37,48-49,51,54,56H,6-7,9,11-13,15,17-19,22,25-34,36,38-47H2,1-5H3,(H-,52,55,57,58)/b10-8-,16-14-,21-20-,24-23-,37-35+. The molecule has 0 heterocycles. The topological polar surface area (TPSA) is 128 Å². The van der Waals surface area contributed by atoms with Crippen molar-refractivity contribution in [2.75, 3.05) is 40.9 Å². The highest BCUT2D eigenvalue weighted by molar-refractivity contribution is 7.45. The highest BCUT2D eigenvalue weighted by Crippen LogP contribution is 2.38. The van der Waals surface area contributed by atoms with Gasteiger partial charge in [-0.3, -0.25) is 9.36 Å². The van der Waals surface area contributed by atoms with Gasteiger partial charge >= 0.3 is 0 Å². The Kier molecular flexibility index (Phi) is 40.9. The molecule has 61 heavy (non-hydrogen) atoms. The molecule has 0 aliphatic carbocycles. The van der Waals surface area contributed by atoms with Crippen LogP contribution >= 0.6 is 7.82 Å². The molecule has 0 aromatic carbocycles. The smallest absolute Gasteiger partial charge is 0.268 e. The summed E-state index contributed by atoms with van der Waals surface area (Å²) in [5, 5.41) is 24.6. The molecule has 10 heteroatoms. The molecule has 0 spiro atoms. The van der Waals surface area contributed by atoms with Crippen LogP contribution < -0.4 is 10.2 Å². The SMILES string of the molecule is CC/C=C\C/C=C\C/C=C\C/C=C\CCCCCCCCCCCCCCC(=O)NC(COP(=O)([O-])OCC[N+](C)(C)C)C(O)C(O)CCC/C=C/CCCCCCCCC. The minimum atomic E-state index is -4.68. The highest BCUT2D eigenvalue weighted by Gasteiger charge is 2.29. The fourth-order valence-corrected chi connectivity index (χ4v) is 7.61. The van der Waals surface area contributed by atoms with E-state index in [-0.39, 0.29) is 18.9 Å². The average Bonchev–Trinajstić information content (AvgIpc) is 3.21. The highest BCUT2D eigenvalue weighted by atomic mass is 31.2. The summed E-state index contributed by atoms with van der Waals surface area (Å²) in [5.41, 5.74) is 0. The molecule has 0 aliphatic rings. The first-order chi connectivity index (χ1) is 29.4. The molecule has 0 aromatic heterocycles. The molecule has 0 saturated carbocycles. The number of unbranched alkanes of at least 4 members (excludes halogenated alkanes) is 20. The number of likely N-dealkylation sites (N-methyl/N-ethyl adjacent to an activating group) is 1. The molecule has 1 amide bonds. The fourth-order valence-electron chi connectivity index (χ4n) is 6.89. The Hall–Kier alpha value is -1.84. The van der Waals surface area contributed by atoms with E-state index < -0.39 is 32.7 Å². The second kappa shape index (κ2) is 42.1. The lowest BCUT2D eigenvalue weighted by atomic mass is 10.0. The summed E-state index contributed by atoms with van der Waals surface area (Å²) in [7, 11) is 1.10. The van der Waals surface area contributed by atoms with Crippen molar-refractivity contribution in [3.8, 4) is 0 Å². The Morgan fingerprint density at radius 2 is 1.03 bits per heavy atom. The lowest BCUT2D eigenvalue weighted by Crippen LogP contribution is -2.51. The number of carbonyl (C=O) groups excluding carboxylic acids is 1. The zero-order valence-corrected chi connectivity index (χ0v) is 40.9. The van der Waals surface area contributed by atoms with Gasteiger partial charge < -0.3 is 34.0 Å². The maximum Gasteiger partial charge on any atom is 0.268 e. The number of phosphoric ester groups is 1. The van der Waals surface area contributed by atoms with Crippen LogP contribution in [0.5, 0.6) is 0 Å². The number of aliphatic hydroxyl groups is 2. The number of aliphatic hydroxyl groups excluding tert-OH is 2. The first-order valence-electron chi connectivity index (χ1n) is 24.7. The number of nitrogens with one attached hydrogen (secondary N) is 1. The second-order valence-electron chi connectivity index (χ2n) is 17.9. The van der Waals surface area contributed by atoms with Gasteiger partial charge in [0.2, 0.25) is 5.91 Å². The first kappa shape index (κ1) is 59.2. The lowest BCUT2D eigenvalue weighted by molar-refractivity contribution is -0.870. The summed E-state index contributed by atoms with van der Waals surface area (Å²) in [6.45, 7) is 4.29. The van der Waals surface area contributed by atoms with Gasteiger partial charge in [0, 0.05) is 6.42 Å². The van der Waals surface area contributed by atoms with E-state index in [9.17, 15) is 24.5 Å². The van der Waals surface area contributed by atoms with Crippen molar-refractivity contribution in [3.05, 3.63) is 60.8 Å². The monoisotopic (exact) mass is 879 g/mol. The molecule has 356 valence electrons. The molecule has 3 N–H and O–H groups in total. The van der Waals surface area contributed by atoms with E-state index in [1.54, 1.807) is 0 Å². The maximum absolute atomic E-state index is 12.9. The third-order valence-corrected chi connectivity index (χ3v) is 11.8. The zero-order chi connectivity index (χ0) is 45.1. The minimum Gasteiger partial charge on any atom is -0.756 e. The summed E-state index contributed by atoms with van der Waals surface area (Å²) < 4.78 is 23.2. The molecule has 0 radical (unpaired) electrons. The van der Waals surface area contributed by atoms with Gasteiger partial charge in [-0.15, -0.1) is 0 Å². The van der Waals surface area contributed by atoms with Crippen molar-refractivity contribution in [2.24, 2.45) is 0 Å². The van der Waals surface area contributed by atoms with Gasteiger partial charge in [-0.2, -0.15) is 0 Å². The molecular weight excluding hydrogens is 784 g/mol. The number of allylic oxidation sites excluding steroid dienone is 10. The number of carbonyl (C=O) groups is 1. The fraction of sp³-hybridized carbons (Fsp3) is 0.784. The number of quaternary nitrogens is 1. The van der Waals surface area contributed by atoms with Crippen LogP contribution in [0.2, 0.25) is 0 Å².